The van der Waals surface area contributed by atoms with E-state index in [1.807, 2.05) is 0 Å². The largest absolute Gasteiger partial charge is 0.353 e. The van der Waals surface area contributed by atoms with Crippen LogP contribution in [0.25, 0.3) is 0 Å². The molecule has 124 valence electrons. The average molecular weight is 297 g/mol. The second-order valence-electron chi connectivity index (χ2n) is 6.91. The van der Waals surface area contributed by atoms with Crippen molar-refractivity contribution in [1.29, 1.82) is 0 Å². The molecular formula is C17H35N3O. The number of carbonyl (C=O) groups excluding carboxylic acids is 1. The lowest BCUT2D eigenvalue weighted by Gasteiger charge is -2.47. The highest BCUT2D eigenvalue weighted by molar-refractivity contribution is 5.78. The van der Waals surface area contributed by atoms with Crippen LogP contribution in [0.4, 0.5) is 0 Å². The van der Waals surface area contributed by atoms with Gasteiger partial charge in [-0.15, -0.1) is 0 Å². The third kappa shape index (κ3) is 5.26. The van der Waals surface area contributed by atoms with Gasteiger partial charge in [0.25, 0.3) is 0 Å². The van der Waals surface area contributed by atoms with E-state index in [1.165, 1.54) is 12.8 Å². The highest BCUT2D eigenvalue weighted by atomic mass is 16.2. The second kappa shape index (κ2) is 8.74. The summed E-state index contributed by atoms with van der Waals surface area (Å²) in [5, 5.41) is 3.09. The maximum absolute atomic E-state index is 12.3. The first-order valence-corrected chi connectivity index (χ1v) is 8.71. The lowest BCUT2D eigenvalue weighted by atomic mass is 9.76. The SMILES string of the molecule is CCCN(CC(=O)NC(C)CC)C1(CN)CCC(C)CC1. The Labute approximate surface area is 130 Å². The van der Waals surface area contributed by atoms with Gasteiger partial charge in [-0.1, -0.05) is 20.8 Å². The number of hydrogen-bond donors (Lipinski definition) is 2. The standard InChI is InChI=1S/C17H35N3O/c1-5-11-20(12-16(21)19-15(4)6-2)17(13-18)9-7-14(3)8-10-17/h14-15H,5-13,18H2,1-4H3,(H,19,21). The molecule has 0 aromatic carbocycles. The zero-order chi connectivity index (χ0) is 15.9. The predicted molar refractivity (Wildman–Crippen MR) is 89.2 cm³/mol. The molecule has 1 atom stereocenters. The molecule has 1 fully saturated rings. The fourth-order valence-electron chi connectivity index (χ4n) is 3.30. The van der Waals surface area contributed by atoms with E-state index in [0.717, 1.165) is 38.1 Å². The Kier molecular flexibility index (Phi) is 7.67. The van der Waals surface area contributed by atoms with Gasteiger partial charge in [0.1, 0.15) is 0 Å². The molecule has 1 aliphatic rings. The monoisotopic (exact) mass is 297 g/mol. The van der Waals surface area contributed by atoms with Gasteiger partial charge in [0.15, 0.2) is 0 Å². The molecule has 0 spiro atoms. The Bertz CT molecular complexity index is 311. The Balaban J connectivity index is 2.71. The van der Waals surface area contributed by atoms with Crippen molar-refractivity contribution in [3.63, 3.8) is 0 Å². The molecule has 0 aromatic rings. The van der Waals surface area contributed by atoms with Crippen LogP contribution in [0.3, 0.4) is 0 Å². The summed E-state index contributed by atoms with van der Waals surface area (Å²) in [6, 6.07) is 0.251. The van der Waals surface area contributed by atoms with E-state index in [9.17, 15) is 4.79 Å². The zero-order valence-electron chi connectivity index (χ0n) is 14.5. The molecule has 0 bridgehead atoms. The molecule has 3 N–H and O–H groups in total. The van der Waals surface area contributed by atoms with Gasteiger partial charge in [-0.05, 0) is 57.9 Å². The highest BCUT2D eigenvalue weighted by Gasteiger charge is 2.38. The van der Waals surface area contributed by atoms with Crippen molar-refractivity contribution >= 4 is 5.91 Å². The number of nitrogens with one attached hydrogen (secondary N) is 1. The summed E-state index contributed by atoms with van der Waals surface area (Å²) in [6.45, 7) is 10.8. The smallest absolute Gasteiger partial charge is 0.234 e. The molecule has 1 amide bonds. The van der Waals surface area contributed by atoms with Gasteiger partial charge in [-0.3, -0.25) is 9.69 Å². The van der Waals surface area contributed by atoms with Crippen LogP contribution in [0, 0.1) is 5.92 Å². The fraction of sp³-hybridized carbons (Fsp3) is 0.941. The zero-order valence-corrected chi connectivity index (χ0v) is 14.5. The Morgan fingerprint density at radius 2 is 2.00 bits per heavy atom. The predicted octanol–water partition coefficient (Wildman–Crippen LogP) is 2.52. The molecule has 1 unspecified atom stereocenters. The minimum Gasteiger partial charge on any atom is -0.353 e. The van der Waals surface area contributed by atoms with Crippen LogP contribution in [-0.2, 0) is 4.79 Å². The molecule has 21 heavy (non-hydrogen) atoms. The van der Waals surface area contributed by atoms with Crippen molar-refractivity contribution in [3.05, 3.63) is 0 Å². The molecule has 0 heterocycles. The summed E-state index contributed by atoms with van der Waals surface area (Å²) in [5.74, 6) is 0.936. The average Bonchev–Trinajstić information content (AvgIpc) is 2.48. The number of nitrogens with two attached hydrogens (primary N) is 1. The van der Waals surface area contributed by atoms with E-state index < -0.39 is 0 Å². The highest BCUT2D eigenvalue weighted by Crippen LogP contribution is 2.35. The minimum absolute atomic E-state index is 0.0370. The van der Waals surface area contributed by atoms with E-state index in [2.05, 4.69) is 37.9 Å². The minimum atomic E-state index is 0.0370. The van der Waals surface area contributed by atoms with Gasteiger partial charge in [-0.25, -0.2) is 0 Å². The van der Waals surface area contributed by atoms with Crippen LogP contribution in [0.5, 0.6) is 0 Å². The first-order chi connectivity index (χ1) is 9.97. The van der Waals surface area contributed by atoms with Crippen LogP contribution in [0.2, 0.25) is 0 Å². The molecule has 1 saturated carbocycles. The number of hydrogen-bond acceptors (Lipinski definition) is 3. The summed E-state index contributed by atoms with van der Waals surface area (Å²) >= 11 is 0. The van der Waals surface area contributed by atoms with Crippen molar-refractivity contribution in [3.8, 4) is 0 Å². The maximum atomic E-state index is 12.3. The van der Waals surface area contributed by atoms with Gasteiger partial charge in [0.2, 0.25) is 5.91 Å². The van der Waals surface area contributed by atoms with Gasteiger partial charge >= 0.3 is 0 Å². The number of amides is 1. The molecule has 1 rings (SSSR count). The summed E-state index contributed by atoms with van der Waals surface area (Å²) in [7, 11) is 0. The first kappa shape index (κ1) is 18.4. The van der Waals surface area contributed by atoms with Gasteiger partial charge in [0, 0.05) is 18.1 Å². The Hall–Kier alpha value is -0.610. The van der Waals surface area contributed by atoms with E-state index >= 15 is 0 Å². The van der Waals surface area contributed by atoms with Crippen LogP contribution >= 0.6 is 0 Å². The quantitative estimate of drug-likeness (QED) is 0.724. The molecule has 0 aliphatic heterocycles. The topological polar surface area (TPSA) is 58.4 Å². The van der Waals surface area contributed by atoms with Crippen LogP contribution in [-0.4, -0.2) is 42.0 Å². The normalized spacial score (nSPS) is 27.6. The Morgan fingerprint density at radius 1 is 1.38 bits per heavy atom. The van der Waals surface area contributed by atoms with Crippen molar-refractivity contribution in [2.75, 3.05) is 19.6 Å². The van der Waals surface area contributed by atoms with E-state index in [-0.39, 0.29) is 17.5 Å². The molecular weight excluding hydrogens is 262 g/mol. The lowest BCUT2D eigenvalue weighted by molar-refractivity contribution is -0.125. The number of rotatable bonds is 8. The molecule has 0 radical (unpaired) electrons. The second-order valence-corrected chi connectivity index (χ2v) is 6.91. The van der Waals surface area contributed by atoms with Crippen molar-refractivity contribution in [1.82, 2.24) is 10.2 Å². The van der Waals surface area contributed by atoms with E-state index in [4.69, 9.17) is 5.73 Å². The van der Waals surface area contributed by atoms with E-state index in [1.54, 1.807) is 0 Å². The summed E-state index contributed by atoms with van der Waals surface area (Å²) < 4.78 is 0. The maximum Gasteiger partial charge on any atom is 0.234 e. The van der Waals surface area contributed by atoms with Gasteiger partial charge < -0.3 is 11.1 Å². The lowest BCUT2D eigenvalue weighted by Crippen LogP contribution is -2.58. The molecule has 4 nitrogen and oxygen atoms in total. The fourth-order valence-corrected chi connectivity index (χ4v) is 3.30. The van der Waals surface area contributed by atoms with Crippen LogP contribution in [0.1, 0.15) is 66.2 Å². The van der Waals surface area contributed by atoms with Gasteiger partial charge in [-0.2, -0.15) is 0 Å². The van der Waals surface area contributed by atoms with Crippen LogP contribution < -0.4 is 11.1 Å². The molecule has 0 saturated heterocycles. The molecule has 4 heteroatoms. The summed E-state index contributed by atoms with van der Waals surface area (Å²) in [4.78, 5) is 14.6. The molecule has 1 aliphatic carbocycles. The molecule has 0 aromatic heterocycles. The van der Waals surface area contributed by atoms with E-state index in [0.29, 0.717) is 13.1 Å². The van der Waals surface area contributed by atoms with Crippen molar-refractivity contribution < 1.29 is 4.79 Å². The summed E-state index contributed by atoms with van der Waals surface area (Å²) in [6.07, 6.45) is 6.74. The first-order valence-electron chi connectivity index (χ1n) is 8.71. The number of carbonyl (C=O) groups is 1. The third-order valence-corrected chi connectivity index (χ3v) is 5.10. The van der Waals surface area contributed by atoms with Crippen molar-refractivity contribution in [2.24, 2.45) is 11.7 Å². The third-order valence-electron chi connectivity index (χ3n) is 5.10. The Morgan fingerprint density at radius 3 is 2.48 bits per heavy atom. The van der Waals surface area contributed by atoms with Gasteiger partial charge in [0.05, 0.1) is 6.54 Å². The number of nitrogens with zero attached hydrogens (tertiary/aromatic N) is 1. The van der Waals surface area contributed by atoms with Crippen molar-refractivity contribution in [2.45, 2.75) is 77.8 Å². The van der Waals surface area contributed by atoms with Crippen LogP contribution in [0.15, 0.2) is 0 Å². The summed E-state index contributed by atoms with van der Waals surface area (Å²) in [5.41, 5.74) is 6.18.